The molecule has 0 saturated carbocycles. The first-order chi connectivity index (χ1) is 57.0. The van der Waals surface area contributed by atoms with Gasteiger partial charge < -0.3 is 19.9 Å². The number of aromatic carboxylic acids is 2. The van der Waals surface area contributed by atoms with Gasteiger partial charge in [0.05, 0.1) is 102 Å². The molecule has 13 rings (SSSR count). The predicted molar refractivity (Wildman–Crippen MR) is 466 cm³/mol. The molecule has 8 aromatic carbocycles. The molecule has 0 atom stereocenters. The number of methoxy groups -OCH3 is 1. The number of aromatic nitrogens is 6. The third kappa shape index (κ3) is 22.2. The minimum Gasteiger partial charge on any atom is -0.496 e. The smallest absolute Gasteiger partial charge is 0.346 e. The number of sulfonamides is 4. The Hall–Kier alpha value is -11.1. The molecule has 13 aromatic rings. The van der Waals surface area contributed by atoms with Crippen LogP contribution in [-0.4, -0.2) is 110 Å². The van der Waals surface area contributed by atoms with Crippen LogP contribution < -0.4 is 29.3 Å². The van der Waals surface area contributed by atoms with E-state index in [0.29, 0.717) is 64.6 Å². The van der Waals surface area contributed by atoms with Crippen molar-refractivity contribution in [3.8, 4) is 17.1 Å². The SMILES string of the molecule is COc1ccccc1C(=O)c1ncc(Cl)cc1NS(=O)(=O)c1ccc(Cl)c(C)c1.Cc1cc(S(=O)(=O)Nc2cc(Cl)cnc2-c2nc(=O)[nH]c3ccccc23)ccc1Cl.Cc1cc(S(=O)(=O)Nc2cc(Cl)cnc2C(=O)c2c(C)cccc2C(=O)O)ccc1Cl.Cc1cc(S(=O)(=O)Nc2cc(Cl)cnc2C(=O)c2c(Cl)cccc2C(=O)O)ccc1Cl. The van der Waals surface area contributed by atoms with E-state index in [1.165, 1.54) is 153 Å². The number of ether oxygens (including phenoxy) is 1. The number of nitrogens with zero attached hydrogens (tertiary/aromatic N) is 5. The molecule has 0 saturated heterocycles. The molecule has 0 aliphatic heterocycles. The van der Waals surface area contributed by atoms with Gasteiger partial charge in [-0.1, -0.05) is 153 Å². The fraction of sp³-hybridized carbons (Fsp3) is 0.0741. The van der Waals surface area contributed by atoms with Crippen molar-refractivity contribution in [3.63, 3.8) is 0 Å². The number of fused-ring (bicyclic) bond motifs is 1. The van der Waals surface area contributed by atoms with E-state index < -0.39 is 75.1 Å². The van der Waals surface area contributed by atoms with E-state index in [1.807, 2.05) is 0 Å². The Balaban J connectivity index is 0.000000169. The monoisotopic (exact) mass is 1890 g/mol. The van der Waals surface area contributed by atoms with Crippen LogP contribution in [0.1, 0.15) is 96.7 Å². The molecule has 0 radical (unpaired) electrons. The lowest BCUT2D eigenvalue weighted by Gasteiger charge is -2.14. The fourth-order valence-electron chi connectivity index (χ4n) is 11.3. The first-order valence-electron chi connectivity index (χ1n) is 34.4. The number of para-hydroxylation sites is 2. The molecule has 0 spiro atoms. The van der Waals surface area contributed by atoms with E-state index in [2.05, 4.69) is 48.8 Å². The molecule has 40 heteroatoms. The summed E-state index contributed by atoms with van der Waals surface area (Å²) in [4.78, 5) is 97.3. The molecule has 0 unspecified atom stereocenters. The molecule has 27 nitrogen and oxygen atoms in total. The number of rotatable bonds is 22. The maximum Gasteiger partial charge on any atom is 0.346 e. The number of aryl methyl sites for hydroxylation is 5. The summed E-state index contributed by atoms with van der Waals surface area (Å²) < 4.78 is 118. The van der Waals surface area contributed by atoms with Crippen LogP contribution >= 0.6 is 104 Å². The summed E-state index contributed by atoms with van der Waals surface area (Å²) in [7, 11) is -14.8. The van der Waals surface area contributed by atoms with Gasteiger partial charge in [-0.15, -0.1) is 0 Å². The number of hydrogen-bond acceptors (Lipinski definition) is 20. The van der Waals surface area contributed by atoms with E-state index in [-0.39, 0.29) is 124 Å². The zero-order valence-corrected chi connectivity index (χ0v) is 73.0. The molecule has 7 N–H and O–H groups in total. The highest BCUT2D eigenvalue weighted by Crippen LogP contribution is 2.37. The quantitative estimate of drug-likeness (QED) is 0.0310. The Morgan fingerprint density at radius 2 is 0.711 bits per heavy atom. The van der Waals surface area contributed by atoms with Crippen LogP contribution in [0.4, 0.5) is 22.7 Å². The summed E-state index contributed by atoms with van der Waals surface area (Å²) in [6, 6.07) is 44.0. The third-order valence-corrected chi connectivity index (χ3v) is 25.5. The number of aromatic amines is 1. The summed E-state index contributed by atoms with van der Waals surface area (Å²) in [5.74, 6) is -4.47. The first kappa shape index (κ1) is 92.2. The van der Waals surface area contributed by atoms with E-state index in [1.54, 1.807) is 89.2 Å². The number of carbonyl (C=O) groups excluding carboxylic acids is 3. The van der Waals surface area contributed by atoms with E-state index >= 15 is 0 Å². The third-order valence-electron chi connectivity index (χ3n) is 17.2. The molecule has 121 heavy (non-hydrogen) atoms. The number of carbonyl (C=O) groups is 5. The molecule has 0 fully saturated rings. The Bertz CT molecular complexity index is 6730. The summed E-state index contributed by atoms with van der Waals surface area (Å²) in [5, 5.41) is 21.6. The summed E-state index contributed by atoms with van der Waals surface area (Å²) in [5.41, 5.74) is 1.24. The lowest BCUT2D eigenvalue weighted by molar-refractivity contribution is 0.0683. The zero-order chi connectivity index (χ0) is 88.5. The van der Waals surface area contributed by atoms with Crippen molar-refractivity contribution in [3.05, 3.63) is 335 Å². The van der Waals surface area contributed by atoms with Gasteiger partial charge in [0.2, 0.25) is 17.3 Å². The second kappa shape index (κ2) is 38.7. The lowest BCUT2D eigenvalue weighted by atomic mass is 9.96. The van der Waals surface area contributed by atoms with Gasteiger partial charge in [-0.3, -0.25) is 38.3 Å². The van der Waals surface area contributed by atoms with Gasteiger partial charge in [-0.25, -0.2) is 63.0 Å². The molecule has 0 aliphatic rings. The number of anilines is 4. The highest BCUT2D eigenvalue weighted by Gasteiger charge is 2.31. The van der Waals surface area contributed by atoms with Crippen LogP contribution in [0.3, 0.4) is 0 Å². The minimum atomic E-state index is -4.15. The van der Waals surface area contributed by atoms with Gasteiger partial charge in [0.1, 0.15) is 34.2 Å². The molecular formula is C81H59Cl9N10O17S4. The van der Waals surface area contributed by atoms with Crippen molar-refractivity contribution in [2.24, 2.45) is 0 Å². The number of hydrogen-bond donors (Lipinski definition) is 7. The highest BCUT2D eigenvalue weighted by atomic mass is 35.5. The van der Waals surface area contributed by atoms with Gasteiger partial charge in [-0.2, -0.15) is 4.98 Å². The standard InChI is InChI=1S/C21H16Cl2N2O5S.C20H13Cl3N2O5S.C20H14Cl2N4O3S.C20H16Cl2N2O4S/c1-11-4-3-5-15(21(27)28)18(11)20(26)19-17(9-13(22)10-24-19)25-31(29,30)14-6-7-16(23)12(2)8-14;1-10-7-12(5-6-14(10)22)31(29,30)25-16-8-11(21)9-24-18(16)19(26)17-13(20(27)28)3-2-4-15(17)23;1-11-8-13(6-7-15(11)22)30(28,29)26-17-9-12(21)10-23-19(17)18-14-4-2-3-5-16(14)24-20(27)25-18;1-12-9-14(7-8-16(12)22)29(26,27)24-17-10-13(21)11-23-19(17)20(25)15-5-3-4-6-18(15)28-2/h3-10,25H,1-2H3,(H,27,28);2-9,25H,1H3,(H,27,28);2-10,26H,1H3,(H,24,25,27);3-11,24H,1-2H3. The fourth-order valence-corrected chi connectivity index (χ4v) is 17.2. The number of pyridine rings is 4. The zero-order valence-electron chi connectivity index (χ0n) is 62.9. The van der Waals surface area contributed by atoms with Crippen molar-refractivity contribution in [2.75, 3.05) is 26.0 Å². The number of H-pyrrole nitrogens is 1. The first-order valence-corrected chi connectivity index (χ1v) is 43.7. The largest absolute Gasteiger partial charge is 0.496 e. The molecule has 5 heterocycles. The number of nitrogens with one attached hydrogen (secondary N) is 5. The van der Waals surface area contributed by atoms with Crippen LogP contribution in [0, 0.1) is 34.6 Å². The van der Waals surface area contributed by atoms with Gasteiger partial charge in [0.25, 0.3) is 40.1 Å². The Labute approximate surface area is 736 Å². The molecule has 0 bridgehead atoms. The minimum absolute atomic E-state index is 0.00457. The maximum absolute atomic E-state index is 13.2. The molecular weight excluding hydrogens is 1830 g/mol. The Kier molecular flexibility index (Phi) is 29.5. The van der Waals surface area contributed by atoms with Crippen LogP contribution in [0.5, 0.6) is 5.75 Å². The number of carboxylic acid groups (broad SMARTS) is 2. The summed E-state index contributed by atoms with van der Waals surface area (Å²) in [6.07, 6.45) is 4.95. The molecule has 0 aliphatic carbocycles. The van der Waals surface area contributed by atoms with Gasteiger partial charge >= 0.3 is 17.6 Å². The van der Waals surface area contributed by atoms with Crippen LogP contribution in [-0.2, 0) is 40.1 Å². The van der Waals surface area contributed by atoms with Gasteiger partial charge in [0, 0.05) is 55.8 Å². The number of halogens is 9. The van der Waals surface area contributed by atoms with Crippen LogP contribution in [0.25, 0.3) is 22.3 Å². The average Bonchev–Trinajstić information content (AvgIpc) is 0.782. The summed E-state index contributed by atoms with van der Waals surface area (Å²) >= 11 is 54.0. The van der Waals surface area contributed by atoms with Crippen molar-refractivity contribution in [1.29, 1.82) is 0 Å². The maximum atomic E-state index is 13.2. The van der Waals surface area contributed by atoms with Crippen LogP contribution in [0.2, 0.25) is 45.2 Å². The predicted octanol–water partition coefficient (Wildman–Crippen LogP) is 19.0. The van der Waals surface area contributed by atoms with Crippen molar-refractivity contribution in [2.45, 2.75) is 54.2 Å². The number of benzene rings is 8. The Morgan fingerprint density at radius 1 is 0.364 bits per heavy atom. The second-order valence-corrected chi connectivity index (χ2v) is 36.2. The van der Waals surface area contributed by atoms with Crippen LogP contribution in [0.15, 0.2) is 231 Å². The second-order valence-electron chi connectivity index (χ2n) is 25.7. The van der Waals surface area contributed by atoms with Crippen molar-refractivity contribution in [1.82, 2.24) is 29.9 Å². The van der Waals surface area contributed by atoms with Gasteiger partial charge in [0.15, 0.2) is 0 Å². The van der Waals surface area contributed by atoms with E-state index in [4.69, 9.17) is 109 Å². The lowest BCUT2D eigenvalue weighted by Crippen LogP contribution is -2.19. The van der Waals surface area contributed by atoms with Gasteiger partial charge in [-0.05, 0) is 196 Å². The van der Waals surface area contributed by atoms with Crippen molar-refractivity contribution >= 4 is 207 Å². The Morgan fingerprint density at radius 3 is 1.12 bits per heavy atom. The van der Waals surface area contributed by atoms with E-state index in [9.17, 15) is 72.7 Å². The molecule has 622 valence electrons. The highest BCUT2D eigenvalue weighted by molar-refractivity contribution is 7.93. The normalized spacial score (nSPS) is 11.3. The molecule has 5 aromatic heterocycles. The topological polar surface area (TPSA) is 417 Å². The number of ketones is 3. The average molecular weight is 1890 g/mol. The molecule has 0 amide bonds. The summed E-state index contributed by atoms with van der Waals surface area (Å²) in [6.45, 7) is 8.28. The number of carboxylic acids is 2. The van der Waals surface area contributed by atoms with E-state index in [0.717, 1.165) is 6.20 Å². The van der Waals surface area contributed by atoms with Crippen molar-refractivity contribution < 1.29 is 72.6 Å².